The average Bonchev–Trinajstić information content (AvgIpc) is 2.29. The van der Waals surface area contributed by atoms with E-state index in [1.165, 1.54) is 4.90 Å². The van der Waals surface area contributed by atoms with Gasteiger partial charge in [-0.1, -0.05) is 12.1 Å². The number of anilines is 1. The first kappa shape index (κ1) is 13.5. The number of nitrogens with zero attached hydrogens (tertiary/aromatic N) is 1. The first-order valence-corrected chi connectivity index (χ1v) is 5.45. The number of aliphatic hydroxyl groups is 2. The van der Waals surface area contributed by atoms with Crippen LogP contribution in [0, 0.1) is 0 Å². The molecular weight excluding hydrogens is 220 g/mol. The van der Waals surface area contributed by atoms with Crippen LogP contribution in [0.1, 0.15) is 18.6 Å². The number of rotatable bonds is 4. The van der Waals surface area contributed by atoms with Crippen LogP contribution in [0.4, 0.5) is 10.5 Å². The minimum Gasteiger partial charge on any atom is -0.395 e. The van der Waals surface area contributed by atoms with Gasteiger partial charge in [0.25, 0.3) is 0 Å². The third kappa shape index (κ3) is 4.05. The summed E-state index contributed by atoms with van der Waals surface area (Å²) in [6, 6.07) is 6.73. The van der Waals surface area contributed by atoms with Crippen molar-refractivity contribution in [3.8, 4) is 0 Å². The molecule has 0 fully saturated rings. The van der Waals surface area contributed by atoms with Gasteiger partial charge in [-0.15, -0.1) is 0 Å². The third-order valence-electron chi connectivity index (χ3n) is 2.40. The second kappa shape index (κ2) is 6.22. The number of benzene rings is 1. The van der Waals surface area contributed by atoms with Crippen molar-refractivity contribution < 1.29 is 15.0 Å². The molecule has 0 bridgehead atoms. The number of amides is 2. The molecule has 0 aromatic heterocycles. The molecule has 1 aromatic rings. The van der Waals surface area contributed by atoms with E-state index in [9.17, 15) is 9.90 Å². The van der Waals surface area contributed by atoms with Crippen LogP contribution in [-0.4, -0.2) is 41.3 Å². The van der Waals surface area contributed by atoms with E-state index in [2.05, 4.69) is 5.32 Å². The van der Waals surface area contributed by atoms with E-state index in [0.717, 1.165) is 5.56 Å². The summed E-state index contributed by atoms with van der Waals surface area (Å²) < 4.78 is 0. The van der Waals surface area contributed by atoms with E-state index in [-0.39, 0.29) is 19.2 Å². The topological polar surface area (TPSA) is 72.8 Å². The van der Waals surface area contributed by atoms with Gasteiger partial charge >= 0.3 is 6.03 Å². The number of urea groups is 1. The monoisotopic (exact) mass is 238 g/mol. The van der Waals surface area contributed by atoms with Crippen molar-refractivity contribution in [2.75, 3.05) is 25.5 Å². The number of hydrogen-bond acceptors (Lipinski definition) is 3. The SMILES string of the molecule is CC(O)c1cccc(NC(=O)N(C)CCO)c1. The second-order valence-electron chi connectivity index (χ2n) is 3.88. The summed E-state index contributed by atoms with van der Waals surface area (Å²) in [5.74, 6) is 0. The van der Waals surface area contributed by atoms with Gasteiger partial charge in [0.1, 0.15) is 0 Å². The maximum Gasteiger partial charge on any atom is 0.321 e. The van der Waals surface area contributed by atoms with Crippen molar-refractivity contribution in [1.82, 2.24) is 4.90 Å². The maximum absolute atomic E-state index is 11.6. The Labute approximate surface area is 101 Å². The lowest BCUT2D eigenvalue weighted by Crippen LogP contribution is -2.33. The van der Waals surface area contributed by atoms with Crippen LogP contribution in [0.25, 0.3) is 0 Å². The molecule has 1 rings (SSSR count). The van der Waals surface area contributed by atoms with Crippen molar-refractivity contribution in [3.05, 3.63) is 29.8 Å². The zero-order valence-corrected chi connectivity index (χ0v) is 10.1. The van der Waals surface area contributed by atoms with Crippen molar-refractivity contribution in [2.24, 2.45) is 0 Å². The molecular formula is C12H18N2O3. The van der Waals surface area contributed by atoms with E-state index in [1.54, 1.807) is 38.2 Å². The number of likely N-dealkylation sites (N-methyl/N-ethyl adjacent to an activating group) is 1. The van der Waals surface area contributed by atoms with Gasteiger partial charge < -0.3 is 20.4 Å². The molecule has 0 saturated heterocycles. The predicted octanol–water partition coefficient (Wildman–Crippen LogP) is 1.20. The summed E-state index contributed by atoms with van der Waals surface area (Å²) in [4.78, 5) is 13.0. The Kier molecular flexibility index (Phi) is 4.93. The fourth-order valence-electron chi connectivity index (χ4n) is 1.35. The number of carbonyl (C=O) groups excluding carboxylic acids is 1. The summed E-state index contributed by atoms with van der Waals surface area (Å²) in [6.45, 7) is 1.87. The Morgan fingerprint density at radius 3 is 2.82 bits per heavy atom. The van der Waals surface area contributed by atoms with Crippen molar-refractivity contribution in [1.29, 1.82) is 0 Å². The Hall–Kier alpha value is -1.59. The fraction of sp³-hybridized carbons (Fsp3) is 0.417. The largest absolute Gasteiger partial charge is 0.395 e. The van der Waals surface area contributed by atoms with Gasteiger partial charge in [-0.25, -0.2) is 4.79 Å². The van der Waals surface area contributed by atoms with E-state index >= 15 is 0 Å². The van der Waals surface area contributed by atoms with Crippen LogP contribution in [-0.2, 0) is 0 Å². The van der Waals surface area contributed by atoms with Gasteiger partial charge in [0.05, 0.1) is 12.7 Å². The molecule has 0 aliphatic rings. The molecule has 5 heteroatoms. The molecule has 0 spiro atoms. The molecule has 1 unspecified atom stereocenters. The van der Waals surface area contributed by atoms with Gasteiger partial charge in [0.15, 0.2) is 0 Å². The molecule has 17 heavy (non-hydrogen) atoms. The van der Waals surface area contributed by atoms with E-state index in [0.29, 0.717) is 5.69 Å². The lowest BCUT2D eigenvalue weighted by Gasteiger charge is -2.17. The van der Waals surface area contributed by atoms with E-state index in [4.69, 9.17) is 5.11 Å². The van der Waals surface area contributed by atoms with E-state index < -0.39 is 6.10 Å². The van der Waals surface area contributed by atoms with Gasteiger partial charge in [-0.2, -0.15) is 0 Å². The van der Waals surface area contributed by atoms with Gasteiger partial charge in [-0.05, 0) is 24.6 Å². The van der Waals surface area contributed by atoms with E-state index in [1.807, 2.05) is 0 Å². The fourth-order valence-corrected chi connectivity index (χ4v) is 1.35. The lowest BCUT2D eigenvalue weighted by atomic mass is 10.1. The first-order valence-electron chi connectivity index (χ1n) is 5.45. The zero-order chi connectivity index (χ0) is 12.8. The highest BCUT2D eigenvalue weighted by atomic mass is 16.3. The van der Waals surface area contributed by atoms with Crippen LogP contribution < -0.4 is 5.32 Å². The van der Waals surface area contributed by atoms with Crippen molar-refractivity contribution in [2.45, 2.75) is 13.0 Å². The standard InChI is InChI=1S/C12H18N2O3/c1-9(16)10-4-3-5-11(8-10)13-12(17)14(2)6-7-15/h3-5,8-9,15-16H,6-7H2,1-2H3,(H,13,17). The highest BCUT2D eigenvalue weighted by molar-refractivity contribution is 5.89. The van der Waals surface area contributed by atoms with Crippen LogP contribution in [0.2, 0.25) is 0 Å². The summed E-state index contributed by atoms with van der Waals surface area (Å²) in [5, 5.41) is 20.8. The van der Waals surface area contributed by atoms with Gasteiger partial charge in [0, 0.05) is 19.3 Å². The second-order valence-corrected chi connectivity index (χ2v) is 3.88. The van der Waals surface area contributed by atoms with Crippen LogP contribution >= 0.6 is 0 Å². The lowest BCUT2D eigenvalue weighted by molar-refractivity contribution is 0.199. The van der Waals surface area contributed by atoms with Crippen LogP contribution in [0.5, 0.6) is 0 Å². The first-order chi connectivity index (χ1) is 8.04. The molecule has 1 aromatic carbocycles. The molecule has 94 valence electrons. The maximum atomic E-state index is 11.6. The molecule has 0 aliphatic carbocycles. The number of hydrogen-bond donors (Lipinski definition) is 3. The smallest absolute Gasteiger partial charge is 0.321 e. The highest BCUT2D eigenvalue weighted by Gasteiger charge is 2.08. The summed E-state index contributed by atoms with van der Waals surface area (Å²) in [6.07, 6.45) is -0.568. The summed E-state index contributed by atoms with van der Waals surface area (Å²) in [7, 11) is 1.60. The predicted molar refractivity (Wildman–Crippen MR) is 65.8 cm³/mol. The Morgan fingerprint density at radius 2 is 2.24 bits per heavy atom. The molecule has 5 nitrogen and oxygen atoms in total. The highest BCUT2D eigenvalue weighted by Crippen LogP contribution is 2.17. The normalized spacial score (nSPS) is 12.0. The van der Waals surface area contributed by atoms with Gasteiger partial charge in [-0.3, -0.25) is 0 Å². The summed E-state index contributed by atoms with van der Waals surface area (Å²) >= 11 is 0. The quantitative estimate of drug-likeness (QED) is 0.738. The third-order valence-corrected chi connectivity index (χ3v) is 2.40. The molecule has 1 atom stereocenters. The Morgan fingerprint density at radius 1 is 1.53 bits per heavy atom. The molecule has 0 saturated carbocycles. The van der Waals surface area contributed by atoms with Crippen molar-refractivity contribution in [3.63, 3.8) is 0 Å². The Bertz CT molecular complexity index is 380. The zero-order valence-electron chi connectivity index (χ0n) is 10.1. The molecule has 0 radical (unpaired) electrons. The van der Waals surface area contributed by atoms with Gasteiger partial charge in [0.2, 0.25) is 0 Å². The molecule has 2 amide bonds. The van der Waals surface area contributed by atoms with Crippen LogP contribution in [0.3, 0.4) is 0 Å². The number of carbonyl (C=O) groups is 1. The number of nitrogens with one attached hydrogen (secondary N) is 1. The summed E-state index contributed by atoms with van der Waals surface area (Å²) in [5.41, 5.74) is 1.37. The average molecular weight is 238 g/mol. The molecule has 0 heterocycles. The molecule has 3 N–H and O–H groups in total. The Balaban J connectivity index is 2.68. The minimum atomic E-state index is -0.568. The minimum absolute atomic E-state index is 0.0718. The van der Waals surface area contributed by atoms with Crippen LogP contribution in [0.15, 0.2) is 24.3 Å². The van der Waals surface area contributed by atoms with Crippen molar-refractivity contribution >= 4 is 11.7 Å². The molecule has 0 aliphatic heterocycles. The number of aliphatic hydroxyl groups excluding tert-OH is 2.